The van der Waals surface area contributed by atoms with Gasteiger partial charge in [-0.3, -0.25) is 4.79 Å². The first-order valence-corrected chi connectivity index (χ1v) is 7.84. The zero-order valence-corrected chi connectivity index (χ0v) is 12.9. The summed E-state index contributed by atoms with van der Waals surface area (Å²) in [6, 6.07) is 2.13. The van der Waals surface area contributed by atoms with E-state index >= 15 is 0 Å². The molecule has 3 fully saturated rings. The van der Waals surface area contributed by atoms with Gasteiger partial charge in [0.2, 0.25) is 0 Å². The van der Waals surface area contributed by atoms with Crippen LogP contribution in [-0.2, 0) is 6.54 Å². The van der Waals surface area contributed by atoms with E-state index < -0.39 is 0 Å². The lowest BCUT2D eigenvalue weighted by Gasteiger charge is -2.31. The van der Waals surface area contributed by atoms with Gasteiger partial charge < -0.3 is 15.5 Å². The maximum atomic E-state index is 12.3. The summed E-state index contributed by atoms with van der Waals surface area (Å²) < 4.78 is 5.24. The van der Waals surface area contributed by atoms with E-state index in [-0.39, 0.29) is 18.3 Å². The van der Waals surface area contributed by atoms with Crippen molar-refractivity contribution in [1.82, 2.24) is 5.32 Å². The van der Waals surface area contributed by atoms with Gasteiger partial charge in [0.25, 0.3) is 5.91 Å². The van der Waals surface area contributed by atoms with Crippen molar-refractivity contribution >= 4 is 18.3 Å². The third-order valence-electron chi connectivity index (χ3n) is 5.86. The van der Waals surface area contributed by atoms with E-state index in [9.17, 15) is 4.79 Å². The molecule has 0 saturated heterocycles. The Kier molecular flexibility index (Phi) is 4.02. The number of carbonyl (C=O) groups is 1. The molecule has 1 aromatic rings. The van der Waals surface area contributed by atoms with Crippen LogP contribution in [0.1, 0.15) is 48.2 Å². The Balaban J connectivity index is 0.00000132. The van der Waals surface area contributed by atoms with Crippen molar-refractivity contribution in [2.45, 2.75) is 44.7 Å². The Bertz CT molecular complexity index is 530. The lowest BCUT2D eigenvalue weighted by atomic mass is 9.79. The second-order valence-corrected chi connectivity index (χ2v) is 6.74. The van der Waals surface area contributed by atoms with Crippen LogP contribution >= 0.6 is 12.4 Å². The van der Waals surface area contributed by atoms with Crippen molar-refractivity contribution in [3.05, 3.63) is 23.7 Å². The fourth-order valence-corrected chi connectivity index (χ4v) is 5.09. The van der Waals surface area contributed by atoms with Gasteiger partial charge in [-0.15, -0.1) is 12.4 Å². The molecule has 3 aliphatic carbocycles. The van der Waals surface area contributed by atoms with E-state index in [4.69, 9.17) is 10.2 Å². The average Bonchev–Trinajstić information content (AvgIpc) is 3.19. The minimum Gasteiger partial charge on any atom is -0.467 e. The molecule has 0 aromatic carbocycles. The van der Waals surface area contributed by atoms with Gasteiger partial charge in [-0.25, -0.2) is 0 Å². The maximum absolute atomic E-state index is 12.3. The Morgan fingerprint density at radius 1 is 1.29 bits per heavy atom. The standard InChI is InChI=1S/C16H22N2O2.ClH/c17-7-11-4-10(8-20-11)16(19)18-15-6-9-5-14(15)13-3-1-2-12(9)13;/h4,8-9,12-15H,1-3,5-7,17H2,(H,18,19);1H. The summed E-state index contributed by atoms with van der Waals surface area (Å²) in [5.41, 5.74) is 6.12. The van der Waals surface area contributed by atoms with E-state index in [1.165, 1.54) is 38.4 Å². The fourth-order valence-electron chi connectivity index (χ4n) is 5.09. The lowest BCUT2D eigenvalue weighted by molar-refractivity contribution is 0.0900. The summed E-state index contributed by atoms with van der Waals surface area (Å²) in [6.07, 6.45) is 8.22. The molecule has 0 spiro atoms. The number of amides is 1. The van der Waals surface area contributed by atoms with E-state index in [1.807, 2.05) is 0 Å². The number of rotatable bonds is 3. The van der Waals surface area contributed by atoms with Crippen molar-refractivity contribution in [3.8, 4) is 0 Å². The summed E-state index contributed by atoms with van der Waals surface area (Å²) in [5.74, 6) is 4.09. The van der Waals surface area contributed by atoms with Gasteiger partial charge in [0.15, 0.2) is 0 Å². The summed E-state index contributed by atoms with van der Waals surface area (Å²) in [6.45, 7) is 0.338. The van der Waals surface area contributed by atoms with Crippen molar-refractivity contribution < 1.29 is 9.21 Å². The van der Waals surface area contributed by atoms with E-state index in [1.54, 1.807) is 6.07 Å². The maximum Gasteiger partial charge on any atom is 0.254 e. The molecule has 3 saturated carbocycles. The molecule has 0 radical (unpaired) electrons. The molecular weight excluding hydrogens is 288 g/mol. The Hall–Kier alpha value is -1.00. The zero-order valence-electron chi connectivity index (χ0n) is 12.1. The van der Waals surface area contributed by atoms with Gasteiger partial charge in [-0.05, 0) is 55.4 Å². The minimum atomic E-state index is 0. The number of carbonyl (C=O) groups excluding carboxylic acids is 1. The van der Waals surface area contributed by atoms with E-state index in [2.05, 4.69) is 5.32 Å². The second kappa shape index (κ2) is 5.65. The normalized spacial score (nSPS) is 36.3. The molecule has 5 unspecified atom stereocenters. The van der Waals surface area contributed by atoms with Gasteiger partial charge in [-0.1, -0.05) is 6.42 Å². The smallest absolute Gasteiger partial charge is 0.254 e. The summed E-state index contributed by atoms with van der Waals surface area (Å²) in [7, 11) is 0. The average molecular weight is 311 g/mol. The van der Waals surface area contributed by atoms with Gasteiger partial charge in [0.05, 0.1) is 12.1 Å². The van der Waals surface area contributed by atoms with Gasteiger partial charge in [0, 0.05) is 6.04 Å². The first-order chi connectivity index (χ1) is 9.76. The van der Waals surface area contributed by atoms with Gasteiger partial charge in [-0.2, -0.15) is 0 Å². The van der Waals surface area contributed by atoms with Crippen LogP contribution in [0.3, 0.4) is 0 Å². The first-order valence-electron chi connectivity index (χ1n) is 7.84. The van der Waals surface area contributed by atoms with Crippen molar-refractivity contribution in [1.29, 1.82) is 0 Å². The van der Waals surface area contributed by atoms with Crippen LogP contribution < -0.4 is 11.1 Å². The highest BCUT2D eigenvalue weighted by Gasteiger charge is 2.54. The van der Waals surface area contributed by atoms with Crippen LogP contribution in [0.5, 0.6) is 0 Å². The summed E-state index contributed by atoms with van der Waals surface area (Å²) in [4.78, 5) is 12.3. The molecule has 21 heavy (non-hydrogen) atoms. The number of nitrogens with one attached hydrogen (secondary N) is 1. The molecule has 4 rings (SSSR count). The van der Waals surface area contributed by atoms with Crippen LogP contribution in [0.25, 0.3) is 0 Å². The van der Waals surface area contributed by atoms with Crippen LogP contribution in [-0.4, -0.2) is 11.9 Å². The second-order valence-electron chi connectivity index (χ2n) is 6.74. The summed E-state index contributed by atoms with van der Waals surface area (Å²) in [5, 5.41) is 3.24. The monoisotopic (exact) mass is 310 g/mol. The number of nitrogens with two attached hydrogens (primary N) is 1. The third kappa shape index (κ3) is 2.38. The molecule has 116 valence electrons. The van der Waals surface area contributed by atoms with Gasteiger partial charge >= 0.3 is 0 Å². The summed E-state index contributed by atoms with van der Waals surface area (Å²) >= 11 is 0. The number of furan rings is 1. The Labute approximate surface area is 131 Å². The highest BCUT2D eigenvalue weighted by atomic mass is 35.5. The van der Waals surface area contributed by atoms with Crippen molar-refractivity contribution in [3.63, 3.8) is 0 Å². The first kappa shape index (κ1) is 14.9. The fraction of sp³-hybridized carbons (Fsp3) is 0.688. The van der Waals surface area contributed by atoms with Gasteiger partial charge in [0.1, 0.15) is 12.0 Å². The lowest BCUT2D eigenvalue weighted by Crippen LogP contribution is -2.42. The highest BCUT2D eigenvalue weighted by Crippen LogP contribution is 2.58. The van der Waals surface area contributed by atoms with E-state index in [0.29, 0.717) is 23.9 Å². The van der Waals surface area contributed by atoms with Crippen LogP contribution in [0.4, 0.5) is 0 Å². The Morgan fingerprint density at radius 2 is 2.10 bits per heavy atom. The minimum absolute atomic E-state index is 0. The highest BCUT2D eigenvalue weighted by molar-refractivity contribution is 5.94. The predicted octanol–water partition coefficient (Wildman–Crippen LogP) is 2.71. The molecule has 1 heterocycles. The largest absolute Gasteiger partial charge is 0.467 e. The number of hydrogen-bond donors (Lipinski definition) is 2. The predicted molar refractivity (Wildman–Crippen MR) is 82.1 cm³/mol. The number of hydrogen-bond acceptors (Lipinski definition) is 3. The molecule has 3 aliphatic rings. The van der Waals surface area contributed by atoms with Crippen molar-refractivity contribution in [2.24, 2.45) is 29.4 Å². The zero-order chi connectivity index (χ0) is 13.7. The topological polar surface area (TPSA) is 68.3 Å². The van der Waals surface area contributed by atoms with Crippen LogP contribution in [0.2, 0.25) is 0 Å². The van der Waals surface area contributed by atoms with Crippen LogP contribution in [0, 0.1) is 23.7 Å². The molecule has 1 amide bonds. The van der Waals surface area contributed by atoms with Crippen LogP contribution in [0.15, 0.2) is 16.7 Å². The quantitative estimate of drug-likeness (QED) is 0.902. The molecule has 3 N–H and O–H groups in total. The van der Waals surface area contributed by atoms with Crippen molar-refractivity contribution in [2.75, 3.05) is 0 Å². The molecule has 2 bridgehead atoms. The molecule has 4 nitrogen and oxygen atoms in total. The molecule has 5 heteroatoms. The molecule has 0 aliphatic heterocycles. The Morgan fingerprint density at radius 3 is 2.86 bits per heavy atom. The molecular formula is C16H23ClN2O2. The SMILES string of the molecule is Cl.NCc1cc(C(=O)NC2CC3CC2C2CCCC32)co1. The van der Waals surface area contributed by atoms with E-state index in [0.717, 1.165) is 23.7 Å². The molecule has 5 atom stereocenters. The third-order valence-corrected chi connectivity index (χ3v) is 5.86. The number of fused-ring (bicyclic) bond motifs is 5. The number of halogens is 1. The molecule has 1 aromatic heterocycles.